The van der Waals surface area contributed by atoms with Crippen LogP contribution >= 0.6 is 7.60 Å². The van der Waals surface area contributed by atoms with E-state index in [9.17, 15) is 14.4 Å². The van der Waals surface area contributed by atoms with Crippen LogP contribution in [-0.4, -0.2) is 48.9 Å². The molecule has 66 valence electrons. The van der Waals surface area contributed by atoms with Gasteiger partial charge in [0, 0.05) is 6.16 Å². The van der Waals surface area contributed by atoms with Gasteiger partial charge in [-0.05, 0) is 18.1 Å². The van der Waals surface area contributed by atoms with E-state index < -0.39 is 7.60 Å². The van der Waals surface area contributed by atoms with E-state index in [-0.39, 0.29) is 55.0 Å². The molecule has 0 unspecified atom stereocenters. The maximum atomic E-state index is 10.4. The summed E-state index contributed by atoms with van der Waals surface area (Å²) in [6.45, 7) is 1.78. The molecule has 0 aliphatic carbocycles. The minimum atomic E-state index is -4.41. The molecule has 0 fully saturated rings. The van der Waals surface area contributed by atoms with Gasteiger partial charge in [-0.25, -0.2) is 0 Å². The Morgan fingerprint density at radius 3 is 2.31 bits per heavy atom. The van der Waals surface area contributed by atoms with Crippen molar-refractivity contribution in [2.45, 2.75) is 13.1 Å². The van der Waals surface area contributed by atoms with E-state index in [1.807, 2.05) is 0 Å². The van der Waals surface area contributed by atoms with Crippen LogP contribution in [0.25, 0.3) is 0 Å². The molecule has 1 rings (SSSR count). The molecule has 13 heavy (non-hydrogen) atoms. The van der Waals surface area contributed by atoms with Gasteiger partial charge in [-0.2, -0.15) is 0 Å². The van der Waals surface area contributed by atoms with Crippen molar-refractivity contribution in [1.29, 1.82) is 0 Å². The van der Waals surface area contributed by atoms with Crippen molar-refractivity contribution in [2.24, 2.45) is 0 Å². The predicted octanol–water partition coefficient (Wildman–Crippen LogP) is 0.0279. The van der Waals surface area contributed by atoms with Gasteiger partial charge in [0.2, 0.25) is 0 Å². The zero-order valence-electron chi connectivity index (χ0n) is 7.40. The van der Waals surface area contributed by atoms with Gasteiger partial charge in [-0.3, -0.25) is 0 Å². The summed E-state index contributed by atoms with van der Waals surface area (Å²) in [5.74, 6) is 0. The quantitative estimate of drug-likeness (QED) is 0.570. The molecule has 1 aromatic carbocycles. The normalized spacial score (nSPS) is 10.7. The average molecular weight is 321 g/mol. The van der Waals surface area contributed by atoms with Crippen LogP contribution in [0.1, 0.15) is 11.1 Å². The Balaban J connectivity index is 0.00000144. The fourth-order valence-electron chi connectivity index (χ4n) is 0.996. The summed E-state index contributed by atoms with van der Waals surface area (Å²) in [6.07, 6.45) is -0.389. The SMILES string of the molecule is Cc1ccccc1CP(=O)([O-])[O-].[Ba+2]. The van der Waals surface area contributed by atoms with Crippen LogP contribution in [0.5, 0.6) is 0 Å². The smallest absolute Gasteiger partial charge is 0.810 e. The average Bonchev–Trinajstić information content (AvgIpc) is 1.91. The third-order valence-corrected chi connectivity index (χ3v) is 2.35. The largest absolute Gasteiger partial charge is 2.00 e. The van der Waals surface area contributed by atoms with Gasteiger partial charge in [0.25, 0.3) is 0 Å². The maximum Gasteiger partial charge on any atom is 2.00 e. The van der Waals surface area contributed by atoms with E-state index in [1.165, 1.54) is 0 Å². The first-order valence-corrected chi connectivity index (χ1v) is 5.27. The van der Waals surface area contributed by atoms with E-state index >= 15 is 0 Å². The molecular weight excluding hydrogens is 312 g/mol. The van der Waals surface area contributed by atoms with Crippen molar-refractivity contribution in [1.82, 2.24) is 0 Å². The molecule has 1 aromatic rings. The second kappa shape index (κ2) is 5.73. The Morgan fingerprint density at radius 1 is 1.31 bits per heavy atom. The molecule has 0 N–H and O–H groups in total. The number of rotatable bonds is 2. The molecule has 0 heterocycles. The molecule has 0 saturated heterocycles. The predicted molar refractivity (Wildman–Crippen MR) is 48.2 cm³/mol. The van der Waals surface area contributed by atoms with Gasteiger partial charge in [0.15, 0.2) is 0 Å². The first kappa shape index (κ1) is 13.9. The molecule has 3 nitrogen and oxygen atoms in total. The molecule has 0 bridgehead atoms. The maximum absolute atomic E-state index is 10.4. The van der Waals surface area contributed by atoms with E-state index in [0.29, 0.717) is 5.56 Å². The van der Waals surface area contributed by atoms with Crippen LogP contribution in [-0.2, 0) is 10.7 Å². The molecular formula is C8H9BaO3P. The van der Waals surface area contributed by atoms with Crippen molar-refractivity contribution >= 4 is 56.5 Å². The van der Waals surface area contributed by atoms with Gasteiger partial charge < -0.3 is 14.4 Å². The van der Waals surface area contributed by atoms with Gasteiger partial charge in [0.05, 0.1) is 0 Å². The van der Waals surface area contributed by atoms with Crippen LogP contribution in [0.3, 0.4) is 0 Å². The standard InChI is InChI=1S/C8H11O3P.Ba/c1-7-4-2-3-5-8(7)6-12(9,10)11;/h2-5H,6H2,1H3,(H2,9,10,11);/q;+2/p-2. The molecule has 0 aromatic heterocycles. The van der Waals surface area contributed by atoms with Gasteiger partial charge in [-0.1, -0.05) is 31.9 Å². The third kappa shape index (κ3) is 5.40. The summed E-state index contributed by atoms with van der Waals surface area (Å²) in [7, 11) is -4.41. The topological polar surface area (TPSA) is 63.2 Å². The Kier molecular flexibility index (Phi) is 6.15. The van der Waals surface area contributed by atoms with Crippen molar-refractivity contribution in [3.63, 3.8) is 0 Å². The molecule has 0 amide bonds. The molecule has 0 radical (unpaired) electrons. The minimum Gasteiger partial charge on any atom is -0.810 e. The first-order valence-electron chi connectivity index (χ1n) is 3.54. The van der Waals surface area contributed by atoms with E-state index in [1.54, 1.807) is 31.2 Å². The summed E-state index contributed by atoms with van der Waals surface area (Å²) < 4.78 is 10.4. The molecule has 0 aliphatic heterocycles. The van der Waals surface area contributed by atoms with E-state index in [4.69, 9.17) is 0 Å². The van der Waals surface area contributed by atoms with Gasteiger partial charge in [0.1, 0.15) is 0 Å². The monoisotopic (exact) mass is 322 g/mol. The third-order valence-electron chi connectivity index (χ3n) is 1.63. The fraction of sp³-hybridized carbons (Fsp3) is 0.250. The van der Waals surface area contributed by atoms with Crippen molar-refractivity contribution in [3.8, 4) is 0 Å². The summed E-state index contributed by atoms with van der Waals surface area (Å²) >= 11 is 0. The second-order valence-electron chi connectivity index (χ2n) is 2.70. The number of hydrogen-bond acceptors (Lipinski definition) is 3. The van der Waals surface area contributed by atoms with Crippen LogP contribution in [0.4, 0.5) is 0 Å². The van der Waals surface area contributed by atoms with E-state index in [0.717, 1.165) is 5.56 Å². The Bertz CT molecular complexity index is 321. The van der Waals surface area contributed by atoms with E-state index in [2.05, 4.69) is 0 Å². The molecule has 0 saturated carbocycles. The number of benzene rings is 1. The van der Waals surface area contributed by atoms with Crippen LogP contribution in [0.2, 0.25) is 0 Å². The summed E-state index contributed by atoms with van der Waals surface area (Å²) in [5.41, 5.74) is 1.43. The first-order chi connectivity index (χ1) is 5.49. The molecule has 0 atom stereocenters. The molecule has 5 heteroatoms. The Hall–Kier alpha value is 0.941. The Morgan fingerprint density at radius 2 is 1.85 bits per heavy atom. The van der Waals surface area contributed by atoms with Gasteiger partial charge in [-0.15, -0.1) is 0 Å². The Labute approximate surface area is 118 Å². The fourth-order valence-corrected chi connectivity index (χ4v) is 1.77. The summed E-state index contributed by atoms with van der Waals surface area (Å²) in [4.78, 5) is 20.9. The zero-order valence-corrected chi connectivity index (χ0v) is 12.7. The second-order valence-corrected chi connectivity index (χ2v) is 4.23. The number of hydrogen-bond donors (Lipinski definition) is 0. The van der Waals surface area contributed by atoms with Gasteiger partial charge >= 0.3 is 48.9 Å². The van der Waals surface area contributed by atoms with Crippen molar-refractivity contribution < 1.29 is 14.4 Å². The summed E-state index contributed by atoms with van der Waals surface area (Å²) in [5, 5.41) is 0. The minimum absolute atomic E-state index is 0. The number of aryl methyl sites for hydroxylation is 1. The zero-order chi connectivity index (χ0) is 9.19. The van der Waals surface area contributed by atoms with Crippen molar-refractivity contribution in [3.05, 3.63) is 35.4 Å². The molecule has 0 spiro atoms. The van der Waals surface area contributed by atoms with Crippen LogP contribution in [0, 0.1) is 6.92 Å². The van der Waals surface area contributed by atoms with Crippen LogP contribution < -0.4 is 9.79 Å². The van der Waals surface area contributed by atoms with Crippen LogP contribution in [0.15, 0.2) is 24.3 Å². The summed E-state index contributed by atoms with van der Waals surface area (Å²) in [6, 6.07) is 6.96. The molecule has 0 aliphatic rings. The van der Waals surface area contributed by atoms with Crippen molar-refractivity contribution in [2.75, 3.05) is 0 Å².